The Morgan fingerprint density at radius 3 is 2.39 bits per heavy atom. The monoisotopic (exact) mass is 501 g/mol. The molecule has 1 amide bonds. The highest BCUT2D eigenvalue weighted by molar-refractivity contribution is 7.90. The van der Waals surface area contributed by atoms with E-state index in [0.29, 0.717) is 29.7 Å². The minimum Gasteiger partial charge on any atom is -0.497 e. The van der Waals surface area contributed by atoms with Gasteiger partial charge in [-0.15, -0.1) is 0 Å². The van der Waals surface area contributed by atoms with E-state index in [1.54, 1.807) is 55.8 Å². The third kappa shape index (κ3) is 4.90. The number of hydrogen-bond donors (Lipinski definition) is 0. The number of fused-ring (bicyclic) bond motifs is 1. The van der Waals surface area contributed by atoms with Crippen molar-refractivity contribution in [2.45, 2.75) is 10.6 Å². The number of aromatic nitrogens is 1. The van der Waals surface area contributed by atoms with E-state index in [-0.39, 0.29) is 16.6 Å². The first-order valence-electron chi connectivity index (χ1n) is 11.8. The van der Waals surface area contributed by atoms with Crippen LogP contribution >= 0.6 is 0 Å². The largest absolute Gasteiger partial charge is 0.497 e. The Morgan fingerprint density at radius 2 is 1.64 bits per heavy atom. The SMILES string of the molecule is COc1cccc(N2CCN(C(=O)c3ccc(CS(=O)(=O)c4cccc5cccnc45)cc3)CC2)c1. The summed E-state index contributed by atoms with van der Waals surface area (Å²) in [6.45, 7) is 2.68. The van der Waals surface area contributed by atoms with Crippen molar-refractivity contribution in [2.75, 3.05) is 38.2 Å². The fraction of sp³-hybridized carbons (Fsp3) is 0.214. The molecule has 1 aromatic heterocycles. The molecular formula is C28H27N3O4S. The van der Waals surface area contributed by atoms with Gasteiger partial charge in [-0.05, 0) is 42.0 Å². The van der Waals surface area contributed by atoms with Gasteiger partial charge in [-0.2, -0.15) is 0 Å². The number of methoxy groups -OCH3 is 1. The number of benzene rings is 3. The summed E-state index contributed by atoms with van der Waals surface area (Å²) < 4.78 is 31.6. The summed E-state index contributed by atoms with van der Waals surface area (Å²) in [6, 6.07) is 23.6. The zero-order valence-electron chi connectivity index (χ0n) is 20.0. The molecule has 184 valence electrons. The van der Waals surface area contributed by atoms with Gasteiger partial charge in [0.1, 0.15) is 5.75 Å². The van der Waals surface area contributed by atoms with Crippen LogP contribution in [0.25, 0.3) is 10.9 Å². The molecule has 0 spiro atoms. The number of para-hydroxylation sites is 1. The second-order valence-corrected chi connectivity index (χ2v) is 10.7. The second-order valence-electron chi connectivity index (χ2n) is 8.77. The van der Waals surface area contributed by atoms with Crippen LogP contribution in [-0.4, -0.2) is 57.5 Å². The van der Waals surface area contributed by atoms with Crippen LogP contribution in [-0.2, 0) is 15.6 Å². The van der Waals surface area contributed by atoms with E-state index in [9.17, 15) is 13.2 Å². The minimum absolute atomic E-state index is 0.0482. The van der Waals surface area contributed by atoms with Gasteiger partial charge in [-0.3, -0.25) is 9.78 Å². The molecule has 0 bridgehead atoms. The standard InChI is InChI=1S/C28H27N3O4S/c1-35-25-8-3-7-24(19-25)30-15-17-31(18-16-30)28(32)23-12-10-21(11-13-23)20-36(33,34)26-9-2-5-22-6-4-14-29-27(22)26/h2-14,19H,15-18,20H2,1H3. The number of ether oxygens (including phenoxy) is 1. The van der Waals surface area contributed by atoms with E-state index >= 15 is 0 Å². The quantitative estimate of drug-likeness (QED) is 0.394. The Kier molecular flexibility index (Phi) is 6.61. The maximum Gasteiger partial charge on any atom is 0.253 e. The number of anilines is 1. The van der Waals surface area contributed by atoms with Crippen LogP contribution in [0.4, 0.5) is 5.69 Å². The first-order valence-corrected chi connectivity index (χ1v) is 13.4. The average Bonchev–Trinajstić information content (AvgIpc) is 2.92. The van der Waals surface area contributed by atoms with Crippen molar-refractivity contribution < 1.29 is 17.9 Å². The molecule has 0 atom stereocenters. The molecule has 8 heteroatoms. The van der Waals surface area contributed by atoms with Crippen LogP contribution in [0.2, 0.25) is 0 Å². The van der Waals surface area contributed by atoms with Crippen LogP contribution in [0.3, 0.4) is 0 Å². The van der Waals surface area contributed by atoms with Crippen molar-refractivity contribution in [2.24, 2.45) is 0 Å². The Labute approximate surface area is 210 Å². The van der Waals surface area contributed by atoms with Crippen molar-refractivity contribution in [3.63, 3.8) is 0 Å². The number of nitrogens with zero attached hydrogens (tertiary/aromatic N) is 3. The third-order valence-corrected chi connectivity index (χ3v) is 8.19. The molecule has 1 fully saturated rings. The molecule has 1 saturated heterocycles. The maximum absolute atomic E-state index is 13.1. The Bertz CT molecular complexity index is 1490. The van der Waals surface area contributed by atoms with Crippen molar-refractivity contribution in [1.82, 2.24) is 9.88 Å². The van der Waals surface area contributed by atoms with Crippen LogP contribution in [0.5, 0.6) is 5.75 Å². The number of pyridine rings is 1. The zero-order valence-corrected chi connectivity index (χ0v) is 20.8. The fourth-order valence-electron chi connectivity index (χ4n) is 4.53. The van der Waals surface area contributed by atoms with Gasteiger partial charge in [0.15, 0.2) is 9.84 Å². The molecule has 1 aliphatic rings. The zero-order chi connectivity index (χ0) is 25.1. The van der Waals surface area contributed by atoms with Crippen molar-refractivity contribution >= 4 is 32.3 Å². The molecule has 7 nitrogen and oxygen atoms in total. The van der Waals surface area contributed by atoms with Gasteiger partial charge in [-0.1, -0.05) is 36.4 Å². The number of hydrogen-bond acceptors (Lipinski definition) is 6. The summed E-state index contributed by atoms with van der Waals surface area (Å²) in [5.41, 5.74) is 2.73. The highest BCUT2D eigenvalue weighted by Gasteiger charge is 2.23. The highest BCUT2D eigenvalue weighted by atomic mass is 32.2. The molecule has 0 aliphatic carbocycles. The fourth-order valence-corrected chi connectivity index (χ4v) is 6.06. The van der Waals surface area contributed by atoms with Crippen molar-refractivity contribution in [3.8, 4) is 5.75 Å². The van der Waals surface area contributed by atoms with Gasteiger partial charge in [0, 0.05) is 55.1 Å². The molecule has 5 rings (SSSR count). The summed E-state index contributed by atoms with van der Waals surface area (Å²) >= 11 is 0. The topological polar surface area (TPSA) is 79.8 Å². The molecule has 3 aromatic carbocycles. The first kappa shape index (κ1) is 23.8. The van der Waals surface area contributed by atoms with E-state index in [0.717, 1.165) is 29.9 Å². The first-order chi connectivity index (χ1) is 17.4. The lowest BCUT2D eigenvalue weighted by Gasteiger charge is -2.36. The molecule has 0 saturated carbocycles. The molecule has 0 radical (unpaired) electrons. The maximum atomic E-state index is 13.1. The lowest BCUT2D eigenvalue weighted by atomic mass is 10.1. The summed E-state index contributed by atoms with van der Waals surface area (Å²) in [6.07, 6.45) is 1.60. The van der Waals surface area contributed by atoms with Gasteiger partial charge < -0.3 is 14.5 Å². The van der Waals surface area contributed by atoms with E-state index in [1.807, 2.05) is 41.3 Å². The van der Waals surface area contributed by atoms with Crippen LogP contribution < -0.4 is 9.64 Å². The van der Waals surface area contributed by atoms with Crippen LogP contribution in [0, 0.1) is 0 Å². The van der Waals surface area contributed by atoms with Crippen LogP contribution in [0.15, 0.2) is 90.0 Å². The second kappa shape index (κ2) is 9.99. The van der Waals surface area contributed by atoms with Crippen LogP contribution in [0.1, 0.15) is 15.9 Å². The summed E-state index contributed by atoms with van der Waals surface area (Å²) in [4.78, 5) is 21.6. The molecule has 2 heterocycles. The number of amides is 1. The number of piperazine rings is 1. The van der Waals surface area contributed by atoms with E-state index in [4.69, 9.17) is 4.74 Å². The Hall–Kier alpha value is -3.91. The van der Waals surface area contributed by atoms with E-state index < -0.39 is 9.84 Å². The number of carbonyl (C=O) groups is 1. The van der Waals surface area contributed by atoms with Gasteiger partial charge in [0.05, 0.1) is 23.3 Å². The van der Waals surface area contributed by atoms with Gasteiger partial charge >= 0.3 is 0 Å². The average molecular weight is 502 g/mol. The van der Waals surface area contributed by atoms with Gasteiger partial charge in [0.25, 0.3) is 5.91 Å². The summed E-state index contributed by atoms with van der Waals surface area (Å²) in [5, 5.41) is 0.783. The Morgan fingerprint density at radius 1 is 0.917 bits per heavy atom. The van der Waals surface area contributed by atoms with Crippen molar-refractivity contribution in [3.05, 3.63) is 96.2 Å². The number of sulfone groups is 1. The lowest BCUT2D eigenvalue weighted by Crippen LogP contribution is -2.48. The number of carbonyl (C=O) groups excluding carboxylic acids is 1. The van der Waals surface area contributed by atoms with Crippen molar-refractivity contribution in [1.29, 1.82) is 0 Å². The Balaban J connectivity index is 1.24. The molecular weight excluding hydrogens is 474 g/mol. The molecule has 1 aliphatic heterocycles. The summed E-state index contributed by atoms with van der Waals surface area (Å²) in [5.74, 6) is 0.605. The van der Waals surface area contributed by atoms with E-state index in [1.165, 1.54) is 0 Å². The molecule has 0 unspecified atom stereocenters. The third-order valence-electron chi connectivity index (χ3n) is 6.47. The molecule has 0 N–H and O–H groups in total. The normalized spacial score (nSPS) is 14.1. The van der Waals surface area contributed by atoms with Gasteiger partial charge in [0.2, 0.25) is 0 Å². The highest BCUT2D eigenvalue weighted by Crippen LogP contribution is 2.25. The predicted octanol–water partition coefficient (Wildman–Crippen LogP) is 4.18. The predicted molar refractivity (Wildman–Crippen MR) is 140 cm³/mol. The van der Waals surface area contributed by atoms with Gasteiger partial charge in [-0.25, -0.2) is 8.42 Å². The lowest BCUT2D eigenvalue weighted by molar-refractivity contribution is 0.0746. The summed E-state index contributed by atoms with van der Waals surface area (Å²) in [7, 11) is -1.95. The number of rotatable bonds is 6. The smallest absolute Gasteiger partial charge is 0.253 e. The molecule has 4 aromatic rings. The van der Waals surface area contributed by atoms with E-state index in [2.05, 4.69) is 9.88 Å². The minimum atomic E-state index is -3.60. The molecule has 36 heavy (non-hydrogen) atoms.